The molecule has 4 N–H and O–H groups in total. The summed E-state index contributed by atoms with van der Waals surface area (Å²) < 4.78 is 31.4. The third kappa shape index (κ3) is 8.30. The van der Waals surface area contributed by atoms with Crippen molar-refractivity contribution in [1.29, 1.82) is 0 Å². The number of piperazine rings is 1. The molecular formula is C44H52F2N12O6. The molecule has 64 heavy (non-hydrogen) atoms. The number of imide groups is 2. The van der Waals surface area contributed by atoms with Crippen LogP contribution in [0.3, 0.4) is 0 Å². The summed E-state index contributed by atoms with van der Waals surface area (Å²) in [6.45, 7) is 8.36. The molecule has 4 atom stereocenters. The molecule has 338 valence electrons. The lowest BCUT2D eigenvalue weighted by Gasteiger charge is -2.37. The van der Waals surface area contributed by atoms with Crippen LogP contribution in [0.15, 0.2) is 30.3 Å². The number of carbonyl (C=O) groups excluding carboxylic acids is 6. The van der Waals surface area contributed by atoms with E-state index in [2.05, 4.69) is 37.6 Å². The number of primary amides is 1. The normalized spacial score (nSPS) is 24.2. The highest BCUT2D eigenvalue weighted by Gasteiger charge is 2.46. The largest absolute Gasteiger partial charge is 0.369 e. The summed E-state index contributed by atoms with van der Waals surface area (Å²) >= 11 is 0. The number of nitrogens with one attached hydrogen (secondary N) is 2. The van der Waals surface area contributed by atoms with Crippen molar-refractivity contribution in [3.05, 3.63) is 58.8 Å². The number of halogens is 2. The SMILES string of the molecule is CCCC1CCN([C@@H]2CCCN(c3nnc(C(N)=O)c(Nc4ccc(N5CCN(CC6CCN(c7cc8c(cc7F)C(=O)N(C7CCC(=O)NC7=O)C8=O)C6)CC5)c(F)c4)n3)C2)C1=O. The summed E-state index contributed by atoms with van der Waals surface area (Å²) in [5.74, 6) is -3.71. The standard InChI is InChI=1S/C44H52F2N12O6/c1-2-4-26-11-14-57(41(26)62)28-5-3-12-56(24-28)44-50-39(37(38(47)60)51-52-44)48-27-6-7-33(31(45)19-27)54-17-15-53(16-18-54)22-25-10-13-55(23-25)35-21-30-29(20-32(35)46)42(63)58(43(30)64)34-8-9-36(59)49-40(34)61/h6-7,19-21,25-26,28,34H,2-5,8-18,22-24H2,1H3,(H2,47,60)(H,48,50,52)(H,49,59,61)/t25?,26?,28-,34?/m1/s1. The van der Waals surface area contributed by atoms with E-state index < -0.39 is 47.2 Å². The van der Waals surface area contributed by atoms with Gasteiger partial charge in [0.15, 0.2) is 11.5 Å². The van der Waals surface area contributed by atoms with Gasteiger partial charge in [0.25, 0.3) is 17.7 Å². The van der Waals surface area contributed by atoms with E-state index in [0.717, 1.165) is 62.6 Å². The first kappa shape index (κ1) is 43.0. The number of carbonyl (C=O) groups is 6. The molecule has 7 heterocycles. The Morgan fingerprint density at radius 2 is 1.59 bits per heavy atom. The zero-order valence-electron chi connectivity index (χ0n) is 35.7. The molecular weight excluding hydrogens is 831 g/mol. The van der Waals surface area contributed by atoms with E-state index in [4.69, 9.17) is 5.73 Å². The molecule has 18 nitrogen and oxygen atoms in total. The van der Waals surface area contributed by atoms with Gasteiger partial charge in [-0.05, 0) is 74.8 Å². The smallest absolute Gasteiger partial charge is 0.273 e. The molecule has 0 spiro atoms. The summed E-state index contributed by atoms with van der Waals surface area (Å²) in [6, 6.07) is 6.10. The van der Waals surface area contributed by atoms with Gasteiger partial charge in [-0.1, -0.05) is 13.3 Å². The lowest BCUT2D eigenvalue weighted by Crippen LogP contribution is -2.54. The molecule has 0 saturated carbocycles. The Kier molecular flexibility index (Phi) is 11.9. The summed E-state index contributed by atoms with van der Waals surface area (Å²) in [5.41, 5.74) is 6.41. The molecule has 6 aliphatic rings. The molecule has 0 bridgehead atoms. The fraction of sp³-hybridized carbons (Fsp3) is 0.523. The molecule has 0 aliphatic carbocycles. The van der Waals surface area contributed by atoms with Crippen molar-refractivity contribution in [3.8, 4) is 0 Å². The number of likely N-dealkylation sites (tertiary alicyclic amines) is 1. The van der Waals surface area contributed by atoms with Crippen LogP contribution in [0, 0.1) is 23.5 Å². The third-order valence-electron chi connectivity index (χ3n) is 13.6. The van der Waals surface area contributed by atoms with E-state index in [1.807, 2.05) is 19.6 Å². The van der Waals surface area contributed by atoms with Gasteiger partial charge >= 0.3 is 0 Å². The molecule has 2 aromatic carbocycles. The van der Waals surface area contributed by atoms with E-state index in [9.17, 15) is 28.8 Å². The van der Waals surface area contributed by atoms with Gasteiger partial charge < -0.3 is 30.7 Å². The lowest BCUT2D eigenvalue weighted by atomic mass is 10.0. The first-order chi connectivity index (χ1) is 30.9. The second kappa shape index (κ2) is 17.7. The predicted octanol–water partition coefficient (Wildman–Crippen LogP) is 2.66. The average Bonchev–Trinajstić information content (AvgIpc) is 3.96. The van der Waals surface area contributed by atoms with Crippen molar-refractivity contribution in [2.45, 2.75) is 70.4 Å². The Hall–Kier alpha value is -6.31. The highest BCUT2D eigenvalue weighted by molar-refractivity contribution is 6.23. The molecule has 3 unspecified atom stereocenters. The van der Waals surface area contributed by atoms with Crippen molar-refractivity contribution < 1.29 is 37.5 Å². The van der Waals surface area contributed by atoms with E-state index in [1.54, 1.807) is 12.1 Å². The lowest BCUT2D eigenvalue weighted by molar-refractivity contribution is -0.136. The van der Waals surface area contributed by atoms with Gasteiger partial charge in [0, 0.05) is 89.5 Å². The number of hydrogen-bond donors (Lipinski definition) is 3. The summed E-state index contributed by atoms with van der Waals surface area (Å²) in [4.78, 5) is 91.7. The topological polar surface area (TPSA) is 211 Å². The first-order valence-corrected chi connectivity index (χ1v) is 22.3. The van der Waals surface area contributed by atoms with E-state index >= 15 is 8.78 Å². The minimum Gasteiger partial charge on any atom is -0.369 e. The molecule has 0 radical (unpaired) electrons. The van der Waals surface area contributed by atoms with Crippen LogP contribution >= 0.6 is 0 Å². The van der Waals surface area contributed by atoms with Gasteiger partial charge in [-0.25, -0.2) is 8.78 Å². The third-order valence-corrected chi connectivity index (χ3v) is 13.6. The number of nitrogens with zero attached hydrogens (tertiary/aromatic N) is 9. The van der Waals surface area contributed by atoms with E-state index in [-0.39, 0.29) is 65.0 Å². The second-order valence-corrected chi connectivity index (χ2v) is 17.7. The van der Waals surface area contributed by atoms with Crippen molar-refractivity contribution >= 4 is 64.3 Å². The number of aromatic nitrogens is 3. The first-order valence-electron chi connectivity index (χ1n) is 22.3. The van der Waals surface area contributed by atoms with Crippen LogP contribution in [0.5, 0.6) is 0 Å². The molecule has 6 aliphatic heterocycles. The Morgan fingerprint density at radius 1 is 0.828 bits per heavy atom. The molecule has 6 amide bonds. The number of benzene rings is 2. The van der Waals surface area contributed by atoms with Gasteiger partial charge in [0.2, 0.25) is 23.7 Å². The summed E-state index contributed by atoms with van der Waals surface area (Å²) in [5, 5.41) is 13.5. The van der Waals surface area contributed by atoms with Gasteiger partial charge in [-0.3, -0.25) is 43.9 Å². The van der Waals surface area contributed by atoms with Crippen LogP contribution in [0.2, 0.25) is 0 Å². The predicted molar refractivity (Wildman–Crippen MR) is 230 cm³/mol. The molecule has 3 aromatic rings. The van der Waals surface area contributed by atoms with Crippen LogP contribution < -0.4 is 31.1 Å². The number of amides is 6. The van der Waals surface area contributed by atoms with Crippen LogP contribution in [-0.4, -0.2) is 143 Å². The number of hydrogen-bond acceptors (Lipinski definition) is 14. The van der Waals surface area contributed by atoms with Crippen LogP contribution in [0.25, 0.3) is 0 Å². The molecule has 1 aromatic heterocycles. The maximum atomic E-state index is 15.8. The summed E-state index contributed by atoms with van der Waals surface area (Å²) in [7, 11) is 0. The molecule has 20 heteroatoms. The van der Waals surface area contributed by atoms with Gasteiger partial charge in [-0.15, -0.1) is 10.2 Å². The quantitative estimate of drug-likeness (QED) is 0.224. The fourth-order valence-corrected chi connectivity index (χ4v) is 10.3. The Bertz CT molecular complexity index is 2400. The Morgan fingerprint density at radius 3 is 2.33 bits per heavy atom. The van der Waals surface area contributed by atoms with Crippen LogP contribution in [-0.2, 0) is 14.4 Å². The van der Waals surface area contributed by atoms with Crippen LogP contribution in [0.4, 0.5) is 37.6 Å². The van der Waals surface area contributed by atoms with E-state index in [1.165, 1.54) is 12.1 Å². The van der Waals surface area contributed by atoms with Crippen molar-refractivity contribution in [2.24, 2.45) is 17.6 Å². The minimum atomic E-state index is -1.13. The molecule has 9 rings (SSSR count). The Labute approximate surface area is 368 Å². The van der Waals surface area contributed by atoms with Crippen LogP contribution in [0.1, 0.15) is 89.5 Å². The number of piperidine rings is 2. The molecule has 5 fully saturated rings. The maximum absolute atomic E-state index is 15.8. The Balaban J connectivity index is 0.791. The number of nitrogens with two attached hydrogens (primary N) is 1. The average molecular weight is 883 g/mol. The van der Waals surface area contributed by atoms with Gasteiger partial charge in [-0.2, -0.15) is 4.98 Å². The number of rotatable bonds is 12. The second-order valence-electron chi connectivity index (χ2n) is 17.7. The minimum absolute atomic E-state index is 0.00652. The van der Waals surface area contributed by atoms with Crippen molar-refractivity contribution in [3.63, 3.8) is 0 Å². The van der Waals surface area contributed by atoms with Gasteiger partial charge in [0.1, 0.15) is 17.7 Å². The highest BCUT2D eigenvalue weighted by Crippen LogP contribution is 2.36. The number of fused-ring (bicyclic) bond motifs is 1. The van der Waals surface area contributed by atoms with Gasteiger partial charge in [0.05, 0.1) is 22.5 Å². The zero-order chi connectivity index (χ0) is 44.8. The fourth-order valence-electron chi connectivity index (χ4n) is 10.3. The monoisotopic (exact) mass is 882 g/mol. The summed E-state index contributed by atoms with van der Waals surface area (Å²) in [6.07, 6.45) is 5.24. The highest BCUT2D eigenvalue weighted by atomic mass is 19.1. The van der Waals surface area contributed by atoms with Crippen molar-refractivity contribution in [2.75, 3.05) is 85.5 Å². The number of anilines is 5. The van der Waals surface area contributed by atoms with E-state index in [0.29, 0.717) is 69.7 Å². The maximum Gasteiger partial charge on any atom is 0.273 e. The van der Waals surface area contributed by atoms with Crippen molar-refractivity contribution in [1.82, 2.24) is 35.2 Å². The zero-order valence-corrected chi connectivity index (χ0v) is 35.7. The molecule has 5 saturated heterocycles.